The van der Waals surface area contributed by atoms with Crippen molar-refractivity contribution in [1.29, 1.82) is 0 Å². The highest BCUT2D eigenvalue weighted by Gasteiger charge is 2.78. The zero-order valence-corrected chi connectivity index (χ0v) is 22.4. The molecule has 8 atom stereocenters. The Labute approximate surface area is 217 Å². The summed E-state index contributed by atoms with van der Waals surface area (Å²) in [5.41, 5.74) is -2.58. The molecule has 9 nitrogen and oxygen atoms in total. The fourth-order valence-electron chi connectivity index (χ4n) is 7.06. The standard InChI is InChI=1S/C28H36O9/c1-15-13-21(33-16(2)29)23(35-18(4)31)27(7)24(36-25(32)19-11-9-8-10-12-19)22(34-17(3)30)20-14-28(15,27)37-26(20,5)6/h8-12,15,20-24H,13-14H2,1-7H3/t15-,20+,21+,22+,23-,24+,27+,28+/m1/s1. The second kappa shape index (κ2) is 9.42. The lowest BCUT2D eigenvalue weighted by Gasteiger charge is -2.62. The summed E-state index contributed by atoms with van der Waals surface area (Å²) in [6, 6.07) is 8.50. The topological polar surface area (TPSA) is 114 Å². The van der Waals surface area contributed by atoms with Gasteiger partial charge in [0.2, 0.25) is 0 Å². The molecule has 1 aliphatic heterocycles. The van der Waals surface area contributed by atoms with Crippen molar-refractivity contribution in [1.82, 2.24) is 0 Å². The average Bonchev–Trinajstić information content (AvgIpc) is 3.07. The number of carbonyl (C=O) groups is 4. The minimum atomic E-state index is -1.23. The third kappa shape index (κ3) is 4.41. The lowest BCUT2D eigenvalue weighted by molar-refractivity contribution is -0.291. The van der Waals surface area contributed by atoms with Crippen molar-refractivity contribution in [3.8, 4) is 0 Å². The quantitative estimate of drug-likeness (QED) is 0.427. The summed E-state index contributed by atoms with van der Waals surface area (Å²) < 4.78 is 30.5. The molecule has 1 heterocycles. The smallest absolute Gasteiger partial charge is 0.338 e. The van der Waals surface area contributed by atoms with Gasteiger partial charge in [0.25, 0.3) is 0 Å². The van der Waals surface area contributed by atoms with Crippen LogP contribution < -0.4 is 0 Å². The molecule has 0 unspecified atom stereocenters. The molecule has 2 aliphatic carbocycles. The predicted molar refractivity (Wildman–Crippen MR) is 130 cm³/mol. The minimum Gasteiger partial charge on any atom is -0.459 e. The monoisotopic (exact) mass is 516 g/mol. The van der Waals surface area contributed by atoms with Crippen LogP contribution >= 0.6 is 0 Å². The maximum atomic E-state index is 13.4. The van der Waals surface area contributed by atoms with Gasteiger partial charge in [0.1, 0.15) is 12.2 Å². The van der Waals surface area contributed by atoms with E-state index in [9.17, 15) is 19.2 Å². The van der Waals surface area contributed by atoms with E-state index in [-0.39, 0.29) is 11.8 Å². The summed E-state index contributed by atoms with van der Waals surface area (Å²) in [5, 5.41) is 0. The van der Waals surface area contributed by atoms with Gasteiger partial charge in [-0.05, 0) is 51.7 Å². The second-order valence-electron chi connectivity index (χ2n) is 11.3. The summed E-state index contributed by atoms with van der Waals surface area (Å²) in [7, 11) is 0. The lowest BCUT2D eigenvalue weighted by atomic mass is 9.49. The maximum absolute atomic E-state index is 13.4. The molecule has 202 valence electrons. The van der Waals surface area contributed by atoms with E-state index in [1.807, 2.05) is 27.7 Å². The van der Waals surface area contributed by atoms with Crippen LogP contribution in [-0.4, -0.2) is 59.5 Å². The molecule has 1 saturated heterocycles. The summed E-state index contributed by atoms with van der Waals surface area (Å²) in [6.45, 7) is 11.6. The summed E-state index contributed by atoms with van der Waals surface area (Å²) in [6.07, 6.45) is -2.91. The SMILES string of the molecule is CC(=O)O[C@H]1[C@@H]2C[C@]3(OC2(C)C)[C@H](C)C[C@H](OC(C)=O)[C@@H](OC(C)=O)[C@@]3(C)[C@H]1OC(=O)c1ccccc1. The fraction of sp³-hybridized carbons (Fsp3) is 0.643. The van der Waals surface area contributed by atoms with E-state index in [0.717, 1.165) is 0 Å². The molecule has 0 N–H and O–H groups in total. The molecular formula is C28H36O9. The Morgan fingerprint density at radius 3 is 2.00 bits per heavy atom. The van der Waals surface area contributed by atoms with Gasteiger partial charge in [0.05, 0.1) is 22.2 Å². The van der Waals surface area contributed by atoms with Crippen molar-refractivity contribution in [2.45, 2.75) is 96.9 Å². The van der Waals surface area contributed by atoms with Crippen molar-refractivity contribution < 1.29 is 42.9 Å². The van der Waals surface area contributed by atoms with Crippen LogP contribution in [0.25, 0.3) is 0 Å². The molecule has 37 heavy (non-hydrogen) atoms. The van der Waals surface area contributed by atoms with Crippen LogP contribution in [0.5, 0.6) is 0 Å². The van der Waals surface area contributed by atoms with Crippen molar-refractivity contribution in [3.05, 3.63) is 35.9 Å². The van der Waals surface area contributed by atoms with Gasteiger partial charge in [-0.1, -0.05) is 25.1 Å². The third-order valence-corrected chi connectivity index (χ3v) is 8.53. The number of hydrogen-bond donors (Lipinski definition) is 0. The largest absolute Gasteiger partial charge is 0.459 e. The fourth-order valence-corrected chi connectivity index (χ4v) is 7.06. The Bertz CT molecular complexity index is 1080. The zero-order chi connectivity index (χ0) is 27.3. The number of carbonyl (C=O) groups excluding carboxylic acids is 4. The van der Waals surface area contributed by atoms with Crippen LogP contribution in [0.4, 0.5) is 0 Å². The van der Waals surface area contributed by atoms with Gasteiger partial charge >= 0.3 is 23.9 Å². The third-order valence-electron chi connectivity index (χ3n) is 8.53. The minimum absolute atomic E-state index is 0.172. The molecule has 3 fully saturated rings. The highest BCUT2D eigenvalue weighted by atomic mass is 16.6. The van der Waals surface area contributed by atoms with Gasteiger partial charge in [-0.25, -0.2) is 4.79 Å². The highest BCUT2D eigenvalue weighted by molar-refractivity contribution is 5.89. The predicted octanol–water partition coefficient (Wildman–Crippen LogP) is 3.62. The van der Waals surface area contributed by atoms with E-state index in [1.165, 1.54) is 20.8 Å². The number of benzene rings is 1. The molecule has 1 aromatic carbocycles. The molecule has 2 bridgehead atoms. The first kappa shape index (κ1) is 27.1. The molecule has 1 spiro atoms. The van der Waals surface area contributed by atoms with E-state index >= 15 is 0 Å². The Hall–Kier alpha value is -2.94. The molecule has 9 heteroatoms. The molecular weight excluding hydrogens is 480 g/mol. The van der Waals surface area contributed by atoms with Crippen LogP contribution in [-0.2, 0) is 38.1 Å². The van der Waals surface area contributed by atoms with Crippen LogP contribution in [0.15, 0.2) is 30.3 Å². The van der Waals surface area contributed by atoms with Crippen LogP contribution in [0.1, 0.15) is 71.7 Å². The van der Waals surface area contributed by atoms with Gasteiger partial charge in [0.15, 0.2) is 12.2 Å². The Morgan fingerprint density at radius 1 is 0.838 bits per heavy atom. The molecule has 3 aliphatic rings. The number of hydrogen-bond acceptors (Lipinski definition) is 9. The summed E-state index contributed by atoms with van der Waals surface area (Å²) in [4.78, 5) is 50.2. The summed E-state index contributed by atoms with van der Waals surface area (Å²) in [5.74, 6) is -2.72. The van der Waals surface area contributed by atoms with Crippen LogP contribution in [0.3, 0.4) is 0 Å². The highest BCUT2D eigenvalue weighted by Crippen LogP contribution is 2.67. The average molecular weight is 517 g/mol. The number of rotatable bonds is 5. The molecule has 0 amide bonds. The first-order chi connectivity index (χ1) is 17.2. The van der Waals surface area contributed by atoms with Gasteiger partial charge in [-0.3, -0.25) is 14.4 Å². The Balaban J connectivity index is 1.92. The normalized spacial score (nSPS) is 37.6. The number of esters is 4. The molecule has 2 saturated carbocycles. The van der Waals surface area contributed by atoms with E-state index in [2.05, 4.69) is 0 Å². The molecule has 1 aromatic rings. The lowest BCUT2D eigenvalue weighted by Crippen LogP contribution is -2.74. The van der Waals surface area contributed by atoms with E-state index in [1.54, 1.807) is 30.3 Å². The van der Waals surface area contributed by atoms with Crippen molar-refractivity contribution in [2.75, 3.05) is 0 Å². The van der Waals surface area contributed by atoms with Crippen molar-refractivity contribution in [3.63, 3.8) is 0 Å². The van der Waals surface area contributed by atoms with Gasteiger partial charge < -0.3 is 23.7 Å². The Morgan fingerprint density at radius 2 is 1.43 bits per heavy atom. The molecule has 0 aromatic heterocycles. The molecule has 0 radical (unpaired) electrons. The van der Waals surface area contributed by atoms with E-state index < -0.39 is 64.9 Å². The number of fused-ring (bicyclic) bond motifs is 1. The van der Waals surface area contributed by atoms with Crippen LogP contribution in [0, 0.1) is 17.3 Å². The van der Waals surface area contributed by atoms with E-state index in [0.29, 0.717) is 18.4 Å². The van der Waals surface area contributed by atoms with Crippen molar-refractivity contribution in [2.24, 2.45) is 17.3 Å². The molecule has 4 rings (SSSR count). The first-order valence-electron chi connectivity index (χ1n) is 12.7. The van der Waals surface area contributed by atoms with Gasteiger partial charge in [-0.2, -0.15) is 0 Å². The van der Waals surface area contributed by atoms with Gasteiger partial charge in [-0.15, -0.1) is 0 Å². The maximum Gasteiger partial charge on any atom is 0.338 e. The van der Waals surface area contributed by atoms with E-state index in [4.69, 9.17) is 23.7 Å². The first-order valence-corrected chi connectivity index (χ1v) is 12.7. The van der Waals surface area contributed by atoms with Crippen LogP contribution in [0.2, 0.25) is 0 Å². The zero-order valence-electron chi connectivity index (χ0n) is 22.4. The Kier molecular flexibility index (Phi) is 6.90. The van der Waals surface area contributed by atoms with Crippen molar-refractivity contribution >= 4 is 23.9 Å². The second-order valence-corrected chi connectivity index (χ2v) is 11.3. The summed E-state index contributed by atoms with van der Waals surface area (Å²) >= 11 is 0. The number of ether oxygens (including phenoxy) is 5. The van der Waals surface area contributed by atoms with Gasteiger partial charge in [0, 0.05) is 26.7 Å².